The minimum absolute atomic E-state index is 0.679. The highest BCUT2D eigenvalue weighted by molar-refractivity contribution is 5.38. The summed E-state index contributed by atoms with van der Waals surface area (Å²) in [7, 11) is 0. The highest BCUT2D eigenvalue weighted by atomic mass is 15.3. The van der Waals surface area contributed by atoms with E-state index in [-0.39, 0.29) is 0 Å². The molecule has 1 aromatic rings. The van der Waals surface area contributed by atoms with Gasteiger partial charge in [-0.05, 0) is 56.1 Å². The van der Waals surface area contributed by atoms with Crippen LogP contribution in [0.2, 0.25) is 0 Å². The number of piperidine rings is 1. The van der Waals surface area contributed by atoms with Crippen LogP contribution >= 0.6 is 0 Å². The second-order valence-electron chi connectivity index (χ2n) is 7.23. The van der Waals surface area contributed by atoms with Crippen LogP contribution in [0.25, 0.3) is 0 Å². The molecule has 0 radical (unpaired) electrons. The van der Waals surface area contributed by atoms with Gasteiger partial charge in [-0.2, -0.15) is 5.10 Å². The van der Waals surface area contributed by atoms with Crippen molar-refractivity contribution in [1.29, 1.82) is 0 Å². The van der Waals surface area contributed by atoms with E-state index in [9.17, 15) is 0 Å². The second-order valence-corrected chi connectivity index (χ2v) is 7.23. The minimum Gasteiger partial charge on any atom is -0.355 e. The lowest BCUT2D eigenvalue weighted by atomic mass is 9.77. The van der Waals surface area contributed by atoms with Gasteiger partial charge in [-0.15, -0.1) is 5.10 Å². The Morgan fingerprint density at radius 1 is 1.05 bits per heavy atom. The highest BCUT2D eigenvalue weighted by Gasteiger charge is 2.37. The summed E-state index contributed by atoms with van der Waals surface area (Å²) in [6.07, 6.45) is 11.1. The van der Waals surface area contributed by atoms with Gasteiger partial charge in [0, 0.05) is 25.7 Å². The molecule has 3 fully saturated rings. The predicted molar refractivity (Wildman–Crippen MR) is 84.2 cm³/mol. The number of nitrogens with one attached hydrogen (secondary N) is 1. The molecule has 0 atom stereocenters. The summed E-state index contributed by atoms with van der Waals surface area (Å²) < 4.78 is 0. The Kier molecular flexibility index (Phi) is 3.57. The van der Waals surface area contributed by atoms with Gasteiger partial charge in [0.1, 0.15) is 0 Å². The Balaban J connectivity index is 1.33. The summed E-state index contributed by atoms with van der Waals surface area (Å²) in [4.78, 5) is 2.43. The fourth-order valence-corrected chi connectivity index (χ4v) is 3.99. The Morgan fingerprint density at radius 3 is 2.43 bits per heavy atom. The van der Waals surface area contributed by atoms with E-state index < -0.39 is 0 Å². The van der Waals surface area contributed by atoms with Crippen molar-refractivity contribution in [2.24, 2.45) is 5.41 Å². The molecule has 0 bridgehead atoms. The molecule has 1 spiro atoms. The summed E-state index contributed by atoms with van der Waals surface area (Å²) in [5.41, 5.74) is 1.74. The highest BCUT2D eigenvalue weighted by Crippen LogP contribution is 2.46. The van der Waals surface area contributed by atoms with Gasteiger partial charge in [0.05, 0.1) is 5.69 Å². The lowest BCUT2D eigenvalue weighted by molar-refractivity contribution is 0.226. The van der Waals surface area contributed by atoms with E-state index in [1.807, 2.05) is 0 Å². The van der Waals surface area contributed by atoms with Gasteiger partial charge in [-0.1, -0.05) is 12.8 Å². The second kappa shape index (κ2) is 5.56. The lowest BCUT2D eigenvalue weighted by Crippen LogP contribution is -2.39. The van der Waals surface area contributed by atoms with Crippen molar-refractivity contribution < 1.29 is 0 Å². The maximum Gasteiger partial charge on any atom is 0.151 e. The average Bonchev–Trinajstić information content (AvgIpc) is 3.26. The van der Waals surface area contributed by atoms with Crippen LogP contribution in [0.5, 0.6) is 0 Å². The fourth-order valence-electron chi connectivity index (χ4n) is 3.99. The first-order valence-corrected chi connectivity index (χ1v) is 8.64. The molecule has 0 aromatic carbocycles. The van der Waals surface area contributed by atoms with Crippen molar-refractivity contribution in [3.05, 3.63) is 17.8 Å². The molecule has 1 aromatic heterocycles. The molecule has 21 heavy (non-hydrogen) atoms. The topological polar surface area (TPSA) is 41.1 Å². The van der Waals surface area contributed by atoms with Crippen molar-refractivity contribution >= 4 is 5.82 Å². The number of hydrogen-bond acceptors (Lipinski definition) is 4. The molecule has 4 nitrogen and oxygen atoms in total. The van der Waals surface area contributed by atoms with Gasteiger partial charge < -0.3 is 10.2 Å². The Labute approximate surface area is 127 Å². The Bertz CT molecular complexity index is 464. The number of hydrogen-bond donors (Lipinski definition) is 1. The van der Waals surface area contributed by atoms with Gasteiger partial charge in [0.15, 0.2) is 5.82 Å². The molecule has 1 N–H and O–H groups in total. The van der Waals surface area contributed by atoms with Crippen molar-refractivity contribution in [1.82, 2.24) is 15.5 Å². The van der Waals surface area contributed by atoms with Crippen LogP contribution in [0, 0.1) is 5.41 Å². The van der Waals surface area contributed by atoms with Crippen LogP contribution in [0.15, 0.2) is 12.1 Å². The summed E-state index contributed by atoms with van der Waals surface area (Å²) in [5, 5.41) is 12.3. The number of rotatable bonds is 4. The van der Waals surface area contributed by atoms with Crippen LogP contribution in [0.3, 0.4) is 0 Å². The first kappa shape index (κ1) is 13.5. The van der Waals surface area contributed by atoms with E-state index in [1.54, 1.807) is 0 Å². The largest absolute Gasteiger partial charge is 0.355 e. The maximum atomic E-state index is 4.45. The van der Waals surface area contributed by atoms with E-state index in [4.69, 9.17) is 0 Å². The minimum atomic E-state index is 0.679. The predicted octanol–water partition coefficient (Wildman–Crippen LogP) is 2.89. The lowest BCUT2D eigenvalue weighted by Gasteiger charge is -2.39. The molecular weight excluding hydrogens is 260 g/mol. The number of aromatic nitrogens is 2. The van der Waals surface area contributed by atoms with E-state index in [2.05, 4.69) is 32.5 Å². The summed E-state index contributed by atoms with van der Waals surface area (Å²) >= 11 is 0. The molecule has 114 valence electrons. The van der Waals surface area contributed by atoms with Crippen molar-refractivity contribution in [3.63, 3.8) is 0 Å². The van der Waals surface area contributed by atoms with Gasteiger partial charge >= 0.3 is 0 Å². The summed E-state index contributed by atoms with van der Waals surface area (Å²) in [5.74, 6) is 1.07. The third-order valence-electron chi connectivity index (χ3n) is 5.67. The van der Waals surface area contributed by atoms with E-state index >= 15 is 0 Å². The van der Waals surface area contributed by atoms with Gasteiger partial charge in [-0.25, -0.2) is 0 Å². The van der Waals surface area contributed by atoms with E-state index in [1.165, 1.54) is 51.4 Å². The Morgan fingerprint density at radius 2 is 1.81 bits per heavy atom. The van der Waals surface area contributed by atoms with Gasteiger partial charge in [0.2, 0.25) is 0 Å². The zero-order chi connectivity index (χ0) is 14.1. The standard InChI is InChI=1S/C17H26N4/c1-2-8-17(7-1)9-11-21(12-10-17)16-6-5-15(19-20-16)13-18-14-3-4-14/h5-6,14,18H,1-4,7-13H2. The number of anilines is 1. The molecule has 2 heterocycles. The molecule has 2 saturated carbocycles. The van der Waals surface area contributed by atoms with Crippen molar-refractivity contribution in [2.45, 2.75) is 64.0 Å². The summed E-state index contributed by atoms with van der Waals surface area (Å²) in [6, 6.07) is 5.03. The normalized spacial score (nSPS) is 24.7. The van der Waals surface area contributed by atoms with Crippen molar-refractivity contribution in [3.8, 4) is 0 Å². The molecule has 0 unspecified atom stereocenters. The maximum absolute atomic E-state index is 4.45. The SMILES string of the molecule is c1cc(N2CCC3(CCCC3)CC2)nnc1CNC1CC1. The summed E-state index contributed by atoms with van der Waals surface area (Å²) in [6.45, 7) is 3.18. The third kappa shape index (κ3) is 3.05. The zero-order valence-corrected chi connectivity index (χ0v) is 12.9. The monoisotopic (exact) mass is 286 g/mol. The first-order chi connectivity index (χ1) is 10.3. The van der Waals surface area contributed by atoms with Gasteiger partial charge in [-0.3, -0.25) is 0 Å². The van der Waals surface area contributed by atoms with E-state index in [0.29, 0.717) is 5.41 Å². The van der Waals surface area contributed by atoms with E-state index in [0.717, 1.165) is 37.2 Å². The smallest absolute Gasteiger partial charge is 0.151 e. The van der Waals surface area contributed by atoms with Crippen LogP contribution in [-0.2, 0) is 6.54 Å². The number of nitrogens with zero attached hydrogens (tertiary/aromatic N) is 3. The van der Waals surface area contributed by atoms with Crippen LogP contribution in [0.4, 0.5) is 5.82 Å². The Hall–Kier alpha value is -1.16. The van der Waals surface area contributed by atoms with Gasteiger partial charge in [0.25, 0.3) is 0 Å². The third-order valence-corrected chi connectivity index (χ3v) is 5.67. The average molecular weight is 286 g/mol. The van der Waals surface area contributed by atoms with Crippen LogP contribution < -0.4 is 10.2 Å². The molecule has 4 rings (SSSR count). The van der Waals surface area contributed by atoms with Crippen LogP contribution in [-0.4, -0.2) is 29.3 Å². The molecule has 4 heteroatoms. The van der Waals surface area contributed by atoms with Crippen molar-refractivity contribution in [2.75, 3.05) is 18.0 Å². The molecule has 1 saturated heterocycles. The quantitative estimate of drug-likeness (QED) is 0.924. The fraction of sp³-hybridized carbons (Fsp3) is 0.765. The molecule has 1 aliphatic heterocycles. The zero-order valence-electron chi connectivity index (χ0n) is 12.9. The van der Waals surface area contributed by atoms with Crippen LogP contribution in [0.1, 0.15) is 57.1 Å². The molecule has 3 aliphatic rings. The first-order valence-electron chi connectivity index (χ1n) is 8.64. The molecule has 0 amide bonds. The molecular formula is C17H26N4. The molecule has 2 aliphatic carbocycles.